The van der Waals surface area contributed by atoms with Crippen molar-refractivity contribution in [2.75, 3.05) is 20.8 Å². The molecule has 3 rings (SSSR count). The molecule has 10 heteroatoms. The van der Waals surface area contributed by atoms with Gasteiger partial charge in [0.15, 0.2) is 18.1 Å². The number of methoxy groups -OCH3 is 2. The Balaban J connectivity index is 1.57. The van der Waals surface area contributed by atoms with E-state index < -0.39 is 5.91 Å². The van der Waals surface area contributed by atoms with Gasteiger partial charge >= 0.3 is 0 Å². The molecule has 178 valence electrons. The number of ether oxygens (including phenoxy) is 4. The standard InChI is InChI=1S/C24H21BrCl2N2O5/c1-31-18-5-7-19(8-6-18)33-14-23(30)29-28-12-15-9-20(25)24(22(10-15)32-2)34-13-16-3-4-17(26)11-21(16)27/h3-12H,13-14H2,1-2H3,(H,29,30). The van der Waals surface area contributed by atoms with Crippen LogP contribution in [-0.2, 0) is 11.4 Å². The van der Waals surface area contributed by atoms with Crippen molar-refractivity contribution in [3.63, 3.8) is 0 Å². The van der Waals surface area contributed by atoms with Crippen LogP contribution in [0.25, 0.3) is 0 Å². The van der Waals surface area contributed by atoms with Crippen molar-refractivity contribution < 1.29 is 23.7 Å². The molecule has 3 aromatic carbocycles. The van der Waals surface area contributed by atoms with Gasteiger partial charge in [-0.3, -0.25) is 4.79 Å². The highest BCUT2D eigenvalue weighted by atomic mass is 79.9. The van der Waals surface area contributed by atoms with Gasteiger partial charge in [-0.2, -0.15) is 5.10 Å². The summed E-state index contributed by atoms with van der Waals surface area (Å²) >= 11 is 15.6. The van der Waals surface area contributed by atoms with E-state index in [9.17, 15) is 4.79 Å². The summed E-state index contributed by atoms with van der Waals surface area (Å²) in [5.41, 5.74) is 3.88. The molecule has 1 N–H and O–H groups in total. The van der Waals surface area contributed by atoms with E-state index in [0.717, 1.165) is 5.56 Å². The van der Waals surface area contributed by atoms with E-state index in [1.165, 1.54) is 13.3 Å². The lowest BCUT2D eigenvalue weighted by Crippen LogP contribution is -2.24. The Bertz CT molecular complexity index is 1170. The molecule has 0 spiro atoms. The molecule has 0 aliphatic carbocycles. The van der Waals surface area contributed by atoms with Gasteiger partial charge in [0.25, 0.3) is 5.91 Å². The number of halogens is 3. The molecule has 0 saturated carbocycles. The van der Waals surface area contributed by atoms with Gasteiger partial charge in [0.05, 0.1) is 24.9 Å². The van der Waals surface area contributed by atoms with E-state index in [0.29, 0.717) is 43.1 Å². The van der Waals surface area contributed by atoms with Crippen LogP contribution in [0.4, 0.5) is 0 Å². The lowest BCUT2D eigenvalue weighted by atomic mass is 10.2. The number of amides is 1. The molecule has 0 fully saturated rings. The average molecular weight is 568 g/mol. The fourth-order valence-electron chi connectivity index (χ4n) is 2.77. The molecule has 0 heterocycles. The summed E-state index contributed by atoms with van der Waals surface area (Å²) in [6.07, 6.45) is 1.48. The van der Waals surface area contributed by atoms with Crippen LogP contribution in [0, 0.1) is 0 Å². The van der Waals surface area contributed by atoms with Gasteiger partial charge in [-0.05, 0) is 70.0 Å². The molecule has 1 amide bonds. The van der Waals surface area contributed by atoms with Crippen molar-refractivity contribution >= 4 is 51.3 Å². The van der Waals surface area contributed by atoms with E-state index in [-0.39, 0.29) is 13.2 Å². The Kier molecular flexibility index (Phi) is 9.44. The van der Waals surface area contributed by atoms with Gasteiger partial charge in [-0.15, -0.1) is 0 Å². The van der Waals surface area contributed by atoms with Gasteiger partial charge in [0, 0.05) is 15.6 Å². The molecule has 0 aliphatic rings. The largest absolute Gasteiger partial charge is 0.497 e. The minimum absolute atomic E-state index is 0.184. The summed E-state index contributed by atoms with van der Waals surface area (Å²) in [5, 5.41) is 5.03. The third kappa shape index (κ3) is 7.28. The maximum Gasteiger partial charge on any atom is 0.277 e. The predicted octanol–water partition coefficient (Wildman–Crippen LogP) is 5.88. The number of carbonyl (C=O) groups excluding carboxylic acids is 1. The van der Waals surface area contributed by atoms with Gasteiger partial charge < -0.3 is 18.9 Å². The van der Waals surface area contributed by atoms with Crippen LogP contribution >= 0.6 is 39.1 Å². The van der Waals surface area contributed by atoms with Crippen molar-refractivity contribution in [2.45, 2.75) is 6.61 Å². The number of carbonyl (C=O) groups is 1. The number of nitrogens with zero attached hydrogens (tertiary/aromatic N) is 1. The van der Waals surface area contributed by atoms with Gasteiger partial charge in [0.2, 0.25) is 0 Å². The van der Waals surface area contributed by atoms with Crippen molar-refractivity contribution in [3.8, 4) is 23.0 Å². The van der Waals surface area contributed by atoms with Crippen LogP contribution in [0.15, 0.2) is 64.2 Å². The van der Waals surface area contributed by atoms with E-state index >= 15 is 0 Å². The zero-order valence-electron chi connectivity index (χ0n) is 18.3. The van der Waals surface area contributed by atoms with E-state index in [2.05, 4.69) is 26.5 Å². The number of rotatable bonds is 10. The normalized spacial score (nSPS) is 10.7. The monoisotopic (exact) mass is 566 g/mol. The summed E-state index contributed by atoms with van der Waals surface area (Å²) in [7, 11) is 3.11. The van der Waals surface area contributed by atoms with Crippen LogP contribution in [0.3, 0.4) is 0 Å². The van der Waals surface area contributed by atoms with Gasteiger partial charge in [-0.25, -0.2) is 5.43 Å². The van der Waals surface area contributed by atoms with Gasteiger partial charge in [0.1, 0.15) is 18.1 Å². The first-order chi connectivity index (χ1) is 16.4. The maximum atomic E-state index is 12.0. The second-order valence-corrected chi connectivity index (χ2v) is 8.51. The van der Waals surface area contributed by atoms with Crippen LogP contribution in [-0.4, -0.2) is 32.9 Å². The lowest BCUT2D eigenvalue weighted by Gasteiger charge is -2.14. The highest BCUT2D eigenvalue weighted by molar-refractivity contribution is 9.10. The molecule has 0 unspecified atom stereocenters. The minimum atomic E-state index is -0.405. The fraction of sp³-hybridized carbons (Fsp3) is 0.167. The quantitative estimate of drug-likeness (QED) is 0.244. The SMILES string of the molecule is COc1ccc(OCC(=O)NN=Cc2cc(Br)c(OCc3ccc(Cl)cc3Cl)c(OC)c2)cc1. The Morgan fingerprint density at radius 1 is 1.00 bits per heavy atom. The van der Waals surface area contributed by atoms with E-state index in [1.54, 1.807) is 61.7 Å². The summed E-state index contributed by atoms with van der Waals surface area (Å²) in [6.45, 7) is 0.0410. The molecule has 34 heavy (non-hydrogen) atoms. The van der Waals surface area contributed by atoms with Crippen molar-refractivity contribution in [1.29, 1.82) is 0 Å². The van der Waals surface area contributed by atoms with Crippen molar-refractivity contribution in [1.82, 2.24) is 5.43 Å². The molecular formula is C24H21BrCl2N2O5. The second kappa shape index (κ2) is 12.5. The Morgan fingerprint density at radius 2 is 1.74 bits per heavy atom. The van der Waals surface area contributed by atoms with E-state index in [1.807, 2.05) is 0 Å². The minimum Gasteiger partial charge on any atom is -0.497 e. The number of hydrogen-bond donors (Lipinski definition) is 1. The zero-order valence-corrected chi connectivity index (χ0v) is 21.4. The lowest BCUT2D eigenvalue weighted by molar-refractivity contribution is -0.123. The molecular weight excluding hydrogens is 547 g/mol. The summed E-state index contributed by atoms with van der Waals surface area (Å²) < 4.78 is 22.5. The molecule has 0 bridgehead atoms. The van der Waals surface area contributed by atoms with Gasteiger partial charge in [-0.1, -0.05) is 29.3 Å². The molecule has 0 atom stereocenters. The first-order valence-corrected chi connectivity index (χ1v) is 11.5. The zero-order chi connectivity index (χ0) is 24.5. The predicted molar refractivity (Wildman–Crippen MR) is 136 cm³/mol. The highest BCUT2D eigenvalue weighted by Crippen LogP contribution is 2.37. The Hall–Kier alpha value is -2.94. The maximum absolute atomic E-state index is 12.0. The highest BCUT2D eigenvalue weighted by Gasteiger charge is 2.13. The first-order valence-electron chi connectivity index (χ1n) is 9.92. The smallest absolute Gasteiger partial charge is 0.277 e. The average Bonchev–Trinajstić information content (AvgIpc) is 2.83. The third-order valence-electron chi connectivity index (χ3n) is 4.47. The van der Waals surface area contributed by atoms with Crippen molar-refractivity contribution in [2.24, 2.45) is 5.10 Å². The fourth-order valence-corrected chi connectivity index (χ4v) is 3.81. The van der Waals surface area contributed by atoms with Crippen LogP contribution in [0.5, 0.6) is 23.0 Å². The van der Waals surface area contributed by atoms with E-state index in [4.69, 9.17) is 42.1 Å². The Morgan fingerprint density at radius 3 is 2.41 bits per heavy atom. The molecule has 0 aromatic heterocycles. The molecule has 0 saturated heterocycles. The number of hydrazone groups is 1. The second-order valence-electron chi connectivity index (χ2n) is 6.82. The Labute approximate surface area is 215 Å². The summed E-state index contributed by atoms with van der Waals surface area (Å²) in [6, 6.07) is 15.6. The van der Waals surface area contributed by atoms with Crippen LogP contribution in [0.2, 0.25) is 10.0 Å². The van der Waals surface area contributed by atoms with Crippen LogP contribution in [0.1, 0.15) is 11.1 Å². The number of benzene rings is 3. The molecule has 7 nitrogen and oxygen atoms in total. The van der Waals surface area contributed by atoms with Crippen LogP contribution < -0.4 is 24.4 Å². The summed E-state index contributed by atoms with van der Waals surface area (Å²) in [4.78, 5) is 12.0. The molecule has 0 radical (unpaired) electrons. The number of hydrogen-bond acceptors (Lipinski definition) is 6. The summed E-state index contributed by atoms with van der Waals surface area (Å²) in [5.74, 6) is 1.83. The van der Waals surface area contributed by atoms with Crippen molar-refractivity contribution in [3.05, 3.63) is 80.2 Å². The molecule has 3 aromatic rings. The first kappa shape index (κ1) is 25.7. The number of nitrogens with one attached hydrogen (secondary N) is 1. The topological polar surface area (TPSA) is 78.4 Å². The third-order valence-corrected chi connectivity index (χ3v) is 5.65. The molecule has 0 aliphatic heterocycles.